The topological polar surface area (TPSA) is 109 Å². The van der Waals surface area contributed by atoms with Crippen LogP contribution in [0, 0.1) is 0 Å². The van der Waals surface area contributed by atoms with Crippen molar-refractivity contribution in [2.75, 3.05) is 24.4 Å². The van der Waals surface area contributed by atoms with Crippen molar-refractivity contribution in [3.8, 4) is 0 Å². The molecule has 0 aliphatic carbocycles. The van der Waals surface area contributed by atoms with E-state index < -0.39 is 5.91 Å². The summed E-state index contributed by atoms with van der Waals surface area (Å²) < 4.78 is 4.72. The summed E-state index contributed by atoms with van der Waals surface area (Å²) in [5.74, 6) is -0.576. The molecule has 0 saturated heterocycles. The van der Waals surface area contributed by atoms with Crippen LogP contribution in [-0.2, 0) is 9.53 Å². The lowest BCUT2D eigenvalue weighted by atomic mass is 10.2. The highest BCUT2D eigenvalue weighted by Crippen LogP contribution is 2.15. The third kappa shape index (κ3) is 3.62. The van der Waals surface area contributed by atoms with Crippen molar-refractivity contribution in [1.82, 2.24) is 15.2 Å². The standard InChI is InChI=1S/C12H13N5O3/c1-20-6-10(18)15-8-3-2-4-9(5-8)16-12(19)11-13-7-14-17-11/h2-5,7H,6H2,1H3,(H,15,18)(H,16,19)(H,13,14,17). The van der Waals surface area contributed by atoms with Crippen molar-refractivity contribution in [3.63, 3.8) is 0 Å². The third-order valence-corrected chi connectivity index (χ3v) is 2.31. The number of aromatic nitrogens is 3. The van der Waals surface area contributed by atoms with E-state index >= 15 is 0 Å². The van der Waals surface area contributed by atoms with Crippen LogP contribution in [0.3, 0.4) is 0 Å². The van der Waals surface area contributed by atoms with Gasteiger partial charge >= 0.3 is 0 Å². The maximum absolute atomic E-state index is 11.8. The van der Waals surface area contributed by atoms with Gasteiger partial charge in [0.05, 0.1) is 0 Å². The summed E-state index contributed by atoms with van der Waals surface area (Å²) in [6, 6.07) is 6.73. The molecular weight excluding hydrogens is 262 g/mol. The van der Waals surface area contributed by atoms with E-state index in [1.165, 1.54) is 13.4 Å². The first-order valence-corrected chi connectivity index (χ1v) is 5.74. The Bertz CT molecular complexity index is 597. The normalized spacial score (nSPS) is 10.1. The van der Waals surface area contributed by atoms with Gasteiger partial charge in [0, 0.05) is 18.5 Å². The lowest BCUT2D eigenvalue weighted by Gasteiger charge is -2.07. The zero-order valence-electron chi connectivity index (χ0n) is 10.7. The second kappa shape index (κ2) is 6.43. The number of hydrogen-bond acceptors (Lipinski definition) is 5. The molecule has 0 radical (unpaired) electrons. The maximum atomic E-state index is 11.8. The number of H-pyrrole nitrogens is 1. The van der Waals surface area contributed by atoms with Gasteiger partial charge in [0.1, 0.15) is 12.9 Å². The first kappa shape index (κ1) is 13.7. The number of ether oxygens (including phenoxy) is 1. The minimum Gasteiger partial charge on any atom is -0.375 e. The Balaban J connectivity index is 2.02. The molecule has 0 aliphatic heterocycles. The van der Waals surface area contributed by atoms with E-state index in [9.17, 15) is 9.59 Å². The summed E-state index contributed by atoms with van der Waals surface area (Å²) in [6.45, 7) is -0.0331. The van der Waals surface area contributed by atoms with Crippen LogP contribution in [0.1, 0.15) is 10.6 Å². The zero-order valence-corrected chi connectivity index (χ0v) is 10.7. The molecule has 20 heavy (non-hydrogen) atoms. The summed E-state index contributed by atoms with van der Waals surface area (Å²) in [5.41, 5.74) is 1.09. The molecule has 2 rings (SSSR count). The number of methoxy groups -OCH3 is 1. The van der Waals surface area contributed by atoms with Crippen LogP contribution >= 0.6 is 0 Å². The molecule has 8 heteroatoms. The van der Waals surface area contributed by atoms with E-state index in [4.69, 9.17) is 4.74 Å². The molecule has 0 unspecified atom stereocenters. The molecule has 0 saturated carbocycles. The van der Waals surface area contributed by atoms with Crippen molar-refractivity contribution in [2.45, 2.75) is 0 Å². The van der Waals surface area contributed by atoms with E-state index in [-0.39, 0.29) is 18.3 Å². The van der Waals surface area contributed by atoms with Gasteiger partial charge in [-0.05, 0) is 18.2 Å². The van der Waals surface area contributed by atoms with E-state index in [0.717, 1.165) is 0 Å². The summed E-state index contributed by atoms with van der Waals surface area (Å²) in [7, 11) is 1.44. The third-order valence-electron chi connectivity index (χ3n) is 2.31. The molecule has 0 spiro atoms. The number of nitrogens with one attached hydrogen (secondary N) is 3. The largest absolute Gasteiger partial charge is 0.375 e. The minimum absolute atomic E-state index is 0.0331. The van der Waals surface area contributed by atoms with E-state index in [0.29, 0.717) is 11.4 Å². The van der Waals surface area contributed by atoms with Crippen molar-refractivity contribution in [3.05, 3.63) is 36.4 Å². The minimum atomic E-state index is -0.414. The number of benzene rings is 1. The first-order chi connectivity index (χ1) is 9.69. The van der Waals surface area contributed by atoms with Crippen LogP contribution in [0.25, 0.3) is 0 Å². The van der Waals surface area contributed by atoms with Crippen LogP contribution in [0.4, 0.5) is 11.4 Å². The number of anilines is 2. The van der Waals surface area contributed by atoms with Gasteiger partial charge in [-0.1, -0.05) is 6.07 Å². The van der Waals surface area contributed by atoms with E-state index in [1.54, 1.807) is 24.3 Å². The molecule has 104 valence electrons. The SMILES string of the molecule is COCC(=O)Nc1cccc(NC(=O)c2ncn[nH]2)c1. The van der Waals surface area contributed by atoms with Crippen molar-refractivity contribution in [1.29, 1.82) is 0 Å². The monoisotopic (exact) mass is 275 g/mol. The highest BCUT2D eigenvalue weighted by Gasteiger charge is 2.09. The second-order valence-corrected chi connectivity index (χ2v) is 3.85. The van der Waals surface area contributed by atoms with Crippen LogP contribution in [0.2, 0.25) is 0 Å². The number of aromatic amines is 1. The number of carbonyl (C=O) groups is 2. The fourth-order valence-electron chi connectivity index (χ4n) is 1.51. The number of hydrogen-bond donors (Lipinski definition) is 3. The first-order valence-electron chi connectivity index (χ1n) is 5.74. The molecule has 0 bridgehead atoms. The molecule has 2 aromatic rings. The van der Waals surface area contributed by atoms with Crippen LogP contribution in [-0.4, -0.2) is 40.7 Å². The van der Waals surface area contributed by atoms with Gasteiger partial charge in [0.15, 0.2) is 0 Å². The van der Waals surface area contributed by atoms with Gasteiger partial charge in [0.25, 0.3) is 5.91 Å². The molecule has 1 heterocycles. The molecule has 1 aromatic carbocycles. The Morgan fingerprint density at radius 1 is 1.30 bits per heavy atom. The lowest BCUT2D eigenvalue weighted by molar-refractivity contribution is -0.119. The average molecular weight is 275 g/mol. The van der Waals surface area contributed by atoms with Gasteiger partial charge < -0.3 is 15.4 Å². The van der Waals surface area contributed by atoms with E-state index in [1.807, 2.05) is 0 Å². The predicted molar refractivity (Wildman–Crippen MR) is 71.3 cm³/mol. The summed E-state index contributed by atoms with van der Waals surface area (Å²) in [5, 5.41) is 11.3. The van der Waals surface area contributed by atoms with Gasteiger partial charge in [0.2, 0.25) is 11.7 Å². The van der Waals surface area contributed by atoms with Crippen LogP contribution < -0.4 is 10.6 Å². The Morgan fingerprint density at radius 3 is 2.70 bits per heavy atom. The predicted octanol–water partition coefficient (Wildman–Crippen LogP) is 0.642. The van der Waals surface area contributed by atoms with Crippen molar-refractivity contribution >= 4 is 23.2 Å². The Labute approximate surface area is 114 Å². The molecule has 0 atom stereocenters. The second-order valence-electron chi connectivity index (χ2n) is 3.85. The Morgan fingerprint density at radius 2 is 2.05 bits per heavy atom. The number of rotatable bonds is 5. The average Bonchev–Trinajstić information content (AvgIpc) is 2.93. The molecular formula is C12H13N5O3. The van der Waals surface area contributed by atoms with Gasteiger partial charge in [-0.15, -0.1) is 0 Å². The smallest absolute Gasteiger partial charge is 0.292 e. The molecule has 3 N–H and O–H groups in total. The van der Waals surface area contributed by atoms with Crippen LogP contribution in [0.15, 0.2) is 30.6 Å². The molecule has 8 nitrogen and oxygen atoms in total. The Kier molecular flexibility index (Phi) is 4.40. The Hall–Kier alpha value is -2.74. The molecule has 2 amide bonds. The number of nitrogens with zero attached hydrogens (tertiary/aromatic N) is 2. The van der Waals surface area contributed by atoms with Gasteiger partial charge in [-0.3, -0.25) is 14.7 Å². The fraction of sp³-hybridized carbons (Fsp3) is 0.167. The molecule has 1 aromatic heterocycles. The highest BCUT2D eigenvalue weighted by molar-refractivity contribution is 6.02. The fourth-order valence-corrected chi connectivity index (χ4v) is 1.51. The number of amides is 2. The number of carbonyl (C=O) groups excluding carboxylic acids is 2. The summed E-state index contributed by atoms with van der Waals surface area (Å²) in [6.07, 6.45) is 1.25. The maximum Gasteiger partial charge on any atom is 0.292 e. The quantitative estimate of drug-likeness (QED) is 0.742. The molecule has 0 aliphatic rings. The van der Waals surface area contributed by atoms with E-state index in [2.05, 4.69) is 25.8 Å². The highest BCUT2D eigenvalue weighted by atomic mass is 16.5. The zero-order chi connectivity index (χ0) is 14.4. The summed E-state index contributed by atoms with van der Waals surface area (Å²) >= 11 is 0. The van der Waals surface area contributed by atoms with Gasteiger partial charge in [-0.25, -0.2) is 4.98 Å². The summed E-state index contributed by atoms with van der Waals surface area (Å²) in [4.78, 5) is 26.9. The molecule has 0 fully saturated rings. The van der Waals surface area contributed by atoms with Crippen molar-refractivity contribution in [2.24, 2.45) is 0 Å². The van der Waals surface area contributed by atoms with Gasteiger partial charge in [-0.2, -0.15) is 5.10 Å². The lowest BCUT2D eigenvalue weighted by Crippen LogP contribution is -2.17. The van der Waals surface area contributed by atoms with Crippen molar-refractivity contribution < 1.29 is 14.3 Å². The van der Waals surface area contributed by atoms with Crippen LogP contribution in [0.5, 0.6) is 0 Å².